The van der Waals surface area contributed by atoms with E-state index in [1.165, 1.54) is 24.0 Å². The van der Waals surface area contributed by atoms with E-state index in [1.54, 1.807) is 0 Å². The highest BCUT2D eigenvalue weighted by Crippen LogP contribution is 2.42. The molecule has 0 saturated heterocycles. The maximum Gasteiger partial charge on any atom is 0.130 e. The predicted octanol–water partition coefficient (Wildman–Crippen LogP) is 4.85. The Hall–Kier alpha value is -1.58. The zero-order chi connectivity index (χ0) is 15.5. The van der Waals surface area contributed by atoms with Crippen molar-refractivity contribution in [3.05, 3.63) is 52.7 Å². The monoisotopic (exact) mass is 315 g/mol. The Kier molecular flexibility index (Phi) is 4.65. The molecule has 1 aliphatic carbocycles. The molecule has 0 spiro atoms. The molecule has 1 aromatic heterocycles. The van der Waals surface area contributed by atoms with Crippen LogP contribution >= 0.6 is 11.6 Å². The van der Waals surface area contributed by atoms with E-state index in [9.17, 15) is 0 Å². The molecule has 3 nitrogen and oxygen atoms in total. The first kappa shape index (κ1) is 15.3. The van der Waals surface area contributed by atoms with Gasteiger partial charge in [0, 0.05) is 29.5 Å². The van der Waals surface area contributed by atoms with Gasteiger partial charge in [0.2, 0.25) is 0 Å². The topological polar surface area (TPSA) is 37.0 Å². The molecule has 1 aromatic carbocycles. The van der Waals surface area contributed by atoms with E-state index in [0.717, 1.165) is 23.1 Å². The maximum absolute atomic E-state index is 6.03. The number of hydrogen-bond donors (Lipinski definition) is 2. The molecule has 0 bridgehead atoms. The highest BCUT2D eigenvalue weighted by Gasteiger charge is 2.26. The summed E-state index contributed by atoms with van der Waals surface area (Å²) in [7, 11) is 0. The van der Waals surface area contributed by atoms with Gasteiger partial charge in [0.25, 0.3) is 0 Å². The van der Waals surface area contributed by atoms with Crippen LogP contribution in [0.3, 0.4) is 0 Å². The molecule has 1 heterocycles. The van der Waals surface area contributed by atoms with Gasteiger partial charge < -0.3 is 10.6 Å². The average Bonchev–Trinajstić information content (AvgIpc) is 3.30. The Morgan fingerprint density at radius 3 is 2.77 bits per heavy atom. The third kappa shape index (κ3) is 3.99. The van der Waals surface area contributed by atoms with Crippen LogP contribution in [0.5, 0.6) is 0 Å². The molecule has 2 aromatic rings. The second-order valence-electron chi connectivity index (χ2n) is 6.21. The summed E-state index contributed by atoms with van der Waals surface area (Å²) in [6, 6.07) is 10.4. The fourth-order valence-corrected chi connectivity index (χ4v) is 2.71. The van der Waals surface area contributed by atoms with Crippen LogP contribution in [0.2, 0.25) is 5.02 Å². The lowest BCUT2D eigenvalue weighted by Crippen LogP contribution is -2.22. The van der Waals surface area contributed by atoms with Crippen molar-refractivity contribution in [3.63, 3.8) is 0 Å². The Balaban J connectivity index is 1.79. The van der Waals surface area contributed by atoms with Crippen molar-refractivity contribution in [2.75, 3.05) is 5.32 Å². The molecular weight excluding hydrogens is 294 g/mol. The molecule has 0 unspecified atom stereocenters. The van der Waals surface area contributed by atoms with Crippen molar-refractivity contribution in [3.8, 4) is 0 Å². The van der Waals surface area contributed by atoms with Gasteiger partial charge in [0.05, 0.1) is 0 Å². The third-order valence-electron chi connectivity index (χ3n) is 3.84. The molecule has 1 saturated carbocycles. The summed E-state index contributed by atoms with van der Waals surface area (Å²) in [4.78, 5) is 4.56. The number of halogens is 1. The zero-order valence-electron chi connectivity index (χ0n) is 13.1. The number of benzene rings is 1. The van der Waals surface area contributed by atoms with Crippen LogP contribution < -0.4 is 10.6 Å². The van der Waals surface area contributed by atoms with Crippen molar-refractivity contribution >= 4 is 23.1 Å². The summed E-state index contributed by atoms with van der Waals surface area (Å²) < 4.78 is 0. The van der Waals surface area contributed by atoms with Crippen LogP contribution in [0.1, 0.15) is 43.7 Å². The summed E-state index contributed by atoms with van der Waals surface area (Å²) in [6.45, 7) is 5.21. The lowest BCUT2D eigenvalue weighted by molar-refractivity contribution is 0.585. The van der Waals surface area contributed by atoms with Gasteiger partial charge in [0.1, 0.15) is 5.82 Å². The molecule has 22 heavy (non-hydrogen) atoms. The smallest absolute Gasteiger partial charge is 0.130 e. The minimum absolute atomic E-state index is 0.483. The molecule has 0 atom stereocenters. The van der Waals surface area contributed by atoms with Crippen LogP contribution in [0.4, 0.5) is 11.5 Å². The molecular formula is C18H22ClN3. The fraction of sp³-hybridized carbons (Fsp3) is 0.389. The van der Waals surface area contributed by atoms with Gasteiger partial charge in [-0.25, -0.2) is 4.98 Å². The minimum Gasteiger partial charge on any atom is -0.340 e. The molecule has 2 N–H and O–H groups in total. The number of pyridine rings is 1. The Morgan fingerprint density at radius 2 is 2.09 bits per heavy atom. The second kappa shape index (κ2) is 6.67. The molecule has 3 rings (SSSR count). The summed E-state index contributed by atoms with van der Waals surface area (Å²) in [5, 5.41) is 7.55. The number of aromatic nitrogens is 1. The summed E-state index contributed by atoms with van der Waals surface area (Å²) in [5.41, 5.74) is 3.70. The van der Waals surface area contributed by atoms with Gasteiger partial charge in [-0.3, -0.25) is 0 Å². The molecule has 0 aliphatic heterocycles. The zero-order valence-corrected chi connectivity index (χ0v) is 13.8. The molecule has 4 heteroatoms. The fourth-order valence-electron chi connectivity index (χ4n) is 2.52. The number of nitrogens with one attached hydrogen (secondary N) is 2. The summed E-state index contributed by atoms with van der Waals surface area (Å²) >= 11 is 6.03. The van der Waals surface area contributed by atoms with Crippen molar-refractivity contribution < 1.29 is 0 Å². The van der Waals surface area contributed by atoms with E-state index in [-0.39, 0.29) is 0 Å². The highest BCUT2D eigenvalue weighted by molar-refractivity contribution is 6.30. The molecule has 0 amide bonds. The number of rotatable bonds is 6. The number of hydrogen-bond acceptors (Lipinski definition) is 3. The van der Waals surface area contributed by atoms with Crippen molar-refractivity contribution in [2.24, 2.45) is 0 Å². The first-order valence-corrected chi connectivity index (χ1v) is 8.24. The van der Waals surface area contributed by atoms with Gasteiger partial charge >= 0.3 is 0 Å². The van der Waals surface area contributed by atoms with Gasteiger partial charge in [-0.05, 0) is 54.2 Å². The average molecular weight is 316 g/mol. The SMILES string of the molecule is CC(C)NCc1cnc(Nc2cccc(Cl)c2)cc1C1CC1. The Morgan fingerprint density at radius 1 is 1.27 bits per heavy atom. The lowest BCUT2D eigenvalue weighted by atomic mass is 10.1. The van der Waals surface area contributed by atoms with Gasteiger partial charge in [-0.2, -0.15) is 0 Å². The number of anilines is 2. The molecule has 116 valence electrons. The quantitative estimate of drug-likeness (QED) is 0.799. The van der Waals surface area contributed by atoms with E-state index < -0.39 is 0 Å². The van der Waals surface area contributed by atoms with Crippen LogP contribution in [-0.2, 0) is 6.54 Å². The van der Waals surface area contributed by atoms with Crippen LogP contribution in [0.25, 0.3) is 0 Å². The number of nitrogens with zero attached hydrogens (tertiary/aromatic N) is 1. The lowest BCUT2D eigenvalue weighted by Gasteiger charge is -2.14. The summed E-state index contributed by atoms with van der Waals surface area (Å²) in [5.74, 6) is 1.59. The highest BCUT2D eigenvalue weighted by atomic mass is 35.5. The molecule has 1 fully saturated rings. The second-order valence-corrected chi connectivity index (χ2v) is 6.65. The first-order chi connectivity index (χ1) is 10.6. The van der Waals surface area contributed by atoms with E-state index in [4.69, 9.17) is 11.6 Å². The van der Waals surface area contributed by atoms with Crippen LogP contribution in [0.15, 0.2) is 36.5 Å². The predicted molar refractivity (Wildman–Crippen MR) is 92.9 cm³/mol. The standard InChI is InChI=1S/C18H22ClN3/c1-12(2)20-10-14-11-21-18(9-17(14)13-6-7-13)22-16-5-3-4-15(19)8-16/h3-5,8-9,11-13,20H,6-7,10H2,1-2H3,(H,21,22). The molecule has 0 radical (unpaired) electrons. The van der Waals surface area contributed by atoms with E-state index in [0.29, 0.717) is 12.0 Å². The van der Waals surface area contributed by atoms with Crippen molar-refractivity contribution in [1.29, 1.82) is 0 Å². The largest absolute Gasteiger partial charge is 0.340 e. The van der Waals surface area contributed by atoms with Gasteiger partial charge in [0.15, 0.2) is 0 Å². The van der Waals surface area contributed by atoms with Crippen LogP contribution in [0, 0.1) is 0 Å². The normalized spacial score (nSPS) is 14.4. The Bertz CT molecular complexity index is 651. The van der Waals surface area contributed by atoms with Crippen LogP contribution in [-0.4, -0.2) is 11.0 Å². The molecule has 1 aliphatic rings. The first-order valence-electron chi connectivity index (χ1n) is 7.86. The van der Waals surface area contributed by atoms with Crippen molar-refractivity contribution in [2.45, 2.75) is 45.2 Å². The summed E-state index contributed by atoms with van der Waals surface area (Å²) in [6.07, 6.45) is 4.57. The van der Waals surface area contributed by atoms with E-state index in [2.05, 4.69) is 35.5 Å². The van der Waals surface area contributed by atoms with Crippen molar-refractivity contribution in [1.82, 2.24) is 10.3 Å². The Labute approximate surface area is 137 Å². The van der Waals surface area contributed by atoms with Gasteiger partial charge in [-0.15, -0.1) is 0 Å². The van der Waals surface area contributed by atoms with Gasteiger partial charge in [-0.1, -0.05) is 31.5 Å². The van der Waals surface area contributed by atoms with E-state index in [1.807, 2.05) is 30.5 Å². The minimum atomic E-state index is 0.483. The maximum atomic E-state index is 6.03. The van der Waals surface area contributed by atoms with E-state index >= 15 is 0 Å². The third-order valence-corrected chi connectivity index (χ3v) is 4.07.